The smallest absolute Gasteiger partial charge is 0.124 e. The number of imidazole rings is 1. The van der Waals surface area contributed by atoms with E-state index in [1.807, 2.05) is 24.6 Å². The van der Waals surface area contributed by atoms with Gasteiger partial charge in [0.2, 0.25) is 0 Å². The second-order valence-corrected chi connectivity index (χ2v) is 5.60. The number of hydrogen-bond acceptors (Lipinski definition) is 3. The van der Waals surface area contributed by atoms with Gasteiger partial charge < -0.3 is 14.0 Å². The number of benzene rings is 1. The molecule has 1 aromatic carbocycles. The predicted octanol–water partition coefficient (Wildman–Crippen LogP) is 3.65. The lowest BCUT2D eigenvalue weighted by Gasteiger charge is -2.24. The summed E-state index contributed by atoms with van der Waals surface area (Å²) in [6.45, 7) is 2.85. The minimum Gasteiger partial charge on any atom is -0.496 e. The highest BCUT2D eigenvalue weighted by Gasteiger charge is 2.21. The van der Waals surface area contributed by atoms with Crippen molar-refractivity contribution in [2.75, 3.05) is 13.7 Å². The third-order valence-corrected chi connectivity index (χ3v) is 4.16. The van der Waals surface area contributed by atoms with Crippen molar-refractivity contribution >= 4 is 0 Å². The molecule has 2 aromatic rings. The molecular formula is C17H22N2O2. The fourth-order valence-corrected chi connectivity index (χ4v) is 2.83. The van der Waals surface area contributed by atoms with Crippen LogP contribution in [0.25, 0.3) is 11.3 Å². The quantitative estimate of drug-likeness (QED) is 0.864. The van der Waals surface area contributed by atoms with E-state index in [1.165, 1.54) is 6.42 Å². The fourth-order valence-electron chi connectivity index (χ4n) is 2.83. The minimum absolute atomic E-state index is 0.137. The summed E-state index contributed by atoms with van der Waals surface area (Å²) in [6.07, 6.45) is 5.61. The maximum atomic E-state index is 5.92. The molecule has 3 rings (SSSR count). The van der Waals surface area contributed by atoms with Gasteiger partial charge in [-0.3, -0.25) is 0 Å². The molecule has 0 saturated carbocycles. The summed E-state index contributed by atoms with van der Waals surface area (Å²) in [5, 5.41) is 0. The summed E-state index contributed by atoms with van der Waals surface area (Å²) in [7, 11) is 3.73. The van der Waals surface area contributed by atoms with Gasteiger partial charge >= 0.3 is 0 Å². The van der Waals surface area contributed by atoms with Crippen molar-refractivity contribution in [1.29, 1.82) is 0 Å². The van der Waals surface area contributed by atoms with Gasteiger partial charge in [-0.2, -0.15) is 0 Å². The maximum Gasteiger partial charge on any atom is 0.124 e. The van der Waals surface area contributed by atoms with Crippen LogP contribution in [0.4, 0.5) is 0 Å². The van der Waals surface area contributed by atoms with Crippen molar-refractivity contribution in [2.24, 2.45) is 7.05 Å². The molecule has 0 bridgehead atoms. The Kier molecular flexibility index (Phi) is 3.97. The van der Waals surface area contributed by atoms with Crippen molar-refractivity contribution in [3.05, 3.63) is 35.8 Å². The minimum atomic E-state index is 0.137. The number of rotatable bonds is 3. The summed E-state index contributed by atoms with van der Waals surface area (Å²) in [6, 6.07) is 6.25. The summed E-state index contributed by atoms with van der Waals surface area (Å²) in [5.74, 6) is 1.91. The van der Waals surface area contributed by atoms with Crippen LogP contribution < -0.4 is 4.74 Å². The molecule has 2 heterocycles. The first-order valence-electron chi connectivity index (χ1n) is 7.49. The van der Waals surface area contributed by atoms with E-state index < -0.39 is 0 Å². The van der Waals surface area contributed by atoms with E-state index in [0.717, 1.165) is 47.8 Å². The lowest BCUT2D eigenvalue weighted by Crippen LogP contribution is -2.12. The Morgan fingerprint density at radius 1 is 1.33 bits per heavy atom. The van der Waals surface area contributed by atoms with Crippen LogP contribution in [0.3, 0.4) is 0 Å². The summed E-state index contributed by atoms with van der Waals surface area (Å²) >= 11 is 0. The normalized spacial score (nSPS) is 18.7. The molecule has 1 aliphatic rings. The number of methoxy groups -OCH3 is 1. The van der Waals surface area contributed by atoms with Crippen LogP contribution in [-0.4, -0.2) is 23.3 Å². The first-order chi connectivity index (χ1) is 10.2. The zero-order chi connectivity index (χ0) is 14.8. The van der Waals surface area contributed by atoms with Gasteiger partial charge in [0.1, 0.15) is 11.6 Å². The van der Waals surface area contributed by atoms with Gasteiger partial charge in [0.05, 0.1) is 18.9 Å². The summed E-state index contributed by atoms with van der Waals surface area (Å²) < 4.78 is 13.5. The third-order valence-electron chi connectivity index (χ3n) is 4.16. The highest BCUT2D eigenvalue weighted by atomic mass is 16.5. The molecule has 0 amide bonds. The third kappa shape index (κ3) is 2.81. The van der Waals surface area contributed by atoms with Crippen LogP contribution in [-0.2, 0) is 11.8 Å². The SMILES string of the molecule is COc1ccc(-c2cn(C)c(C)n2)cc1C1CCCCO1. The monoisotopic (exact) mass is 286 g/mol. The second-order valence-electron chi connectivity index (χ2n) is 5.60. The highest BCUT2D eigenvalue weighted by molar-refractivity contribution is 5.62. The average Bonchev–Trinajstić information content (AvgIpc) is 2.87. The summed E-state index contributed by atoms with van der Waals surface area (Å²) in [4.78, 5) is 4.60. The van der Waals surface area contributed by atoms with Crippen molar-refractivity contribution in [1.82, 2.24) is 9.55 Å². The number of aryl methyl sites for hydroxylation is 2. The van der Waals surface area contributed by atoms with Crippen LogP contribution in [0.2, 0.25) is 0 Å². The van der Waals surface area contributed by atoms with E-state index in [4.69, 9.17) is 9.47 Å². The number of aromatic nitrogens is 2. The first kappa shape index (κ1) is 14.1. The Balaban J connectivity index is 1.99. The number of hydrogen-bond donors (Lipinski definition) is 0. The van der Waals surface area contributed by atoms with E-state index in [-0.39, 0.29) is 6.10 Å². The van der Waals surface area contributed by atoms with E-state index in [1.54, 1.807) is 7.11 Å². The van der Waals surface area contributed by atoms with E-state index in [0.29, 0.717) is 0 Å². The van der Waals surface area contributed by atoms with Crippen LogP contribution in [0.1, 0.15) is 36.8 Å². The van der Waals surface area contributed by atoms with Crippen molar-refractivity contribution in [3.63, 3.8) is 0 Å². The standard InChI is InChI=1S/C17H22N2O2/c1-12-18-15(11-19(12)2)13-7-8-16(20-3)14(10-13)17-6-4-5-9-21-17/h7-8,10-11,17H,4-6,9H2,1-3H3. The Bertz CT molecular complexity index is 608. The molecule has 0 spiro atoms. The van der Waals surface area contributed by atoms with Crippen molar-refractivity contribution < 1.29 is 9.47 Å². The van der Waals surface area contributed by atoms with E-state index >= 15 is 0 Å². The predicted molar refractivity (Wildman–Crippen MR) is 82.5 cm³/mol. The molecule has 1 fully saturated rings. The Labute approximate surface area is 125 Å². The molecule has 1 aliphatic heterocycles. The Hall–Kier alpha value is -1.81. The molecule has 112 valence electrons. The molecule has 4 heteroatoms. The molecule has 21 heavy (non-hydrogen) atoms. The van der Waals surface area contributed by atoms with Crippen molar-refractivity contribution in [3.8, 4) is 17.0 Å². The van der Waals surface area contributed by atoms with E-state index in [9.17, 15) is 0 Å². The van der Waals surface area contributed by atoms with Gasteiger partial charge in [-0.15, -0.1) is 0 Å². The van der Waals surface area contributed by atoms with E-state index in [2.05, 4.69) is 23.3 Å². The number of nitrogens with zero attached hydrogens (tertiary/aromatic N) is 2. The van der Waals surface area contributed by atoms with Gasteiger partial charge in [-0.05, 0) is 44.4 Å². The molecule has 0 radical (unpaired) electrons. The van der Waals surface area contributed by atoms with Crippen LogP contribution in [0, 0.1) is 6.92 Å². The van der Waals surface area contributed by atoms with Crippen LogP contribution in [0.15, 0.2) is 24.4 Å². The molecule has 1 aromatic heterocycles. The molecule has 0 aliphatic carbocycles. The number of ether oxygens (including phenoxy) is 2. The largest absolute Gasteiger partial charge is 0.496 e. The van der Waals surface area contributed by atoms with Crippen LogP contribution in [0.5, 0.6) is 5.75 Å². The molecule has 1 atom stereocenters. The topological polar surface area (TPSA) is 36.3 Å². The lowest BCUT2D eigenvalue weighted by molar-refractivity contribution is 0.0136. The van der Waals surface area contributed by atoms with Crippen LogP contribution >= 0.6 is 0 Å². The Morgan fingerprint density at radius 3 is 2.81 bits per heavy atom. The van der Waals surface area contributed by atoms with Gasteiger partial charge in [0.15, 0.2) is 0 Å². The molecular weight excluding hydrogens is 264 g/mol. The van der Waals surface area contributed by atoms with Gasteiger partial charge in [0.25, 0.3) is 0 Å². The maximum absolute atomic E-state index is 5.92. The lowest BCUT2D eigenvalue weighted by atomic mass is 9.98. The van der Waals surface area contributed by atoms with Gasteiger partial charge in [0, 0.05) is 31.0 Å². The Morgan fingerprint density at radius 2 is 2.19 bits per heavy atom. The van der Waals surface area contributed by atoms with Crippen molar-refractivity contribution in [2.45, 2.75) is 32.3 Å². The zero-order valence-electron chi connectivity index (χ0n) is 12.9. The molecule has 1 saturated heterocycles. The molecule has 1 unspecified atom stereocenters. The fraction of sp³-hybridized carbons (Fsp3) is 0.471. The average molecular weight is 286 g/mol. The second kappa shape index (κ2) is 5.90. The summed E-state index contributed by atoms with van der Waals surface area (Å²) in [5.41, 5.74) is 3.25. The van der Waals surface area contributed by atoms with Gasteiger partial charge in [-0.25, -0.2) is 4.98 Å². The van der Waals surface area contributed by atoms with Gasteiger partial charge in [-0.1, -0.05) is 0 Å². The molecule has 0 N–H and O–H groups in total. The highest BCUT2D eigenvalue weighted by Crippen LogP contribution is 2.36. The molecule has 4 nitrogen and oxygen atoms in total. The zero-order valence-corrected chi connectivity index (χ0v) is 12.9. The first-order valence-corrected chi connectivity index (χ1v) is 7.49.